The fraction of sp³-hybridized carbons (Fsp3) is 1.00. The van der Waals surface area contributed by atoms with Crippen LogP contribution in [0.3, 0.4) is 0 Å². The minimum absolute atomic E-state index is 0.950. The van der Waals surface area contributed by atoms with E-state index >= 15 is 0 Å². The van der Waals surface area contributed by atoms with Gasteiger partial charge in [0.15, 0.2) is 0 Å². The Balaban J connectivity index is 0.000000217. The number of morpholine rings is 1. The van der Waals surface area contributed by atoms with Crippen LogP contribution in [0.25, 0.3) is 0 Å². The van der Waals surface area contributed by atoms with Crippen LogP contribution in [0.2, 0.25) is 0 Å². The minimum atomic E-state index is -5.42. The molecule has 0 aromatic heterocycles. The van der Waals surface area contributed by atoms with E-state index in [1.165, 1.54) is 13.1 Å². The standard InChI is InChI=1S/C5H11NO.FHO3S/c1-6-2-4-7-5-3-6;1-5(2,3)4/h2-5H2,1H3;(H,2,3,4). The highest BCUT2D eigenvalue weighted by Crippen LogP contribution is 1.73. The van der Waals surface area contributed by atoms with Gasteiger partial charge in [-0.15, -0.1) is 3.89 Å². The third-order valence-corrected chi connectivity index (χ3v) is 1.35. The third kappa shape index (κ3) is 12.4. The Morgan fingerprint density at radius 3 is 1.92 bits per heavy atom. The zero-order valence-electron chi connectivity index (χ0n) is 6.75. The number of rotatable bonds is 0. The molecular formula is C5H12FNO4S. The molecular weight excluding hydrogens is 189 g/mol. The Morgan fingerprint density at radius 2 is 1.75 bits per heavy atom. The van der Waals surface area contributed by atoms with Gasteiger partial charge < -0.3 is 14.2 Å². The molecule has 1 rings (SSSR count). The number of quaternary nitrogens is 1. The predicted molar refractivity (Wildman–Crippen MR) is 38.2 cm³/mol. The molecule has 0 aromatic rings. The van der Waals surface area contributed by atoms with Gasteiger partial charge >= 0.3 is 0 Å². The van der Waals surface area contributed by atoms with E-state index in [0.29, 0.717) is 0 Å². The van der Waals surface area contributed by atoms with Crippen molar-refractivity contribution >= 4 is 10.5 Å². The number of likely N-dealkylation sites (N-methyl/N-ethyl adjacent to an activating group) is 1. The van der Waals surface area contributed by atoms with Crippen molar-refractivity contribution in [1.29, 1.82) is 0 Å². The highest BCUT2D eigenvalue weighted by molar-refractivity contribution is 7.80. The molecule has 1 heterocycles. The first kappa shape index (κ1) is 11.8. The first-order valence-electron chi connectivity index (χ1n) is 3.44. The van der Waals surface area contributed by atoms with Crippen molar-refractivity contribution in [2.45, 2.75) is 0 Å². The maximum Gasteiger partial charge on any atom is 0.255 e. The van der Waals surface area contributed by atoms with E-state index in [-0.39, 0.29) is 0 Å². The van der Waals surface area contributed by atoms with Crippen molar-refractivity contribution in [2.24, 2.45) is 0 Å². The summed E-state index contributed by atoms with van der Waals surface area (Å²) in [7, 11) is -3.22. The smallest absolute Gasteiger partial charge is 0.255 e. The van der Waals surface area contributed by atoms with Crippen molar-refractivity contribution in [3.05, 3.63) is 0 Å². The molecule has 1 aliphatic rings. The van der Waals surface area contributed by atoms with Gasteiger partial charge in [-0.05, 0) is 0 Å². The van der Waals surface area contributed by atoms with Gasteiger partial charge in [0, 0.05) is 0 Å². The summed E-state index contributed by atoms with van der Waals surface area (Å²) in [5.41, 5.74) is 0. The van der Waals surface area contributed by atoms with Crippen LogP contribution >= 0.6 is 0 Å². The molecule has 0 spiro atoms. The molecule has 0 bridgehead atoms. The van der Waals surface area contributed by atoms with Crippen LogP contribution in [0.1, 0.15) is 0 Å². The molecule has 0 aliphatic carbocycles. The molecule has 0 amide bonds. The lowest BCUT2D eigenvalue weighted by atomic mass is 10.5. The largest absolute Gasteiger partial charge is 0.722 e. The fourth-order valence-electron chi connectivity index (χ4n) is 0.720. The quantitative estimate of drug-likeness (QED) is 0.361. The monoisotopic (exact) mass is 201 g/mol. The molecule has 1 N–H and O–H groups in total. The zero-order chi connectivity index (χ0) is 9.61. The molecule has 7 heteroatoms. The molecule has 0 atom stereocenters. The van der Waals surface area contributed by atoms with Crippen LogP contribution in [-0.2, 0) is 15.2 Å². The predicted octanol–water partition coefficient (Wildman–Crippen LogP) is -2.05. The van der Waals surface area contributed by atoms with E-state index in [9.17, 15) is 3.89 Å². The molecule has 0 radical (unpaired) electrons. The summed E-state index contributed by atoms with van der Waals surface area (Å²) in [6, 6.07) is 0. The summed E-state index contributed by atoms with van der Waals surface area (Å²) in [6.45, 7) is 4.26. The van der Waals surface area contributed by atoms with Gasteiger partial charge in [-0.2, -0.15) is 0 Å². The van der Waals surface area contributed by atoms with Crippen molar-refractivity contribution in [1.82, 2.24) is 0 Å². The van der Waals surface area contributed by atoms with Crippen LogP contribution in [-0.4, -0.2) is 46.3 Å². The molecule has 1 saturated heterocycles. The first-order valence-corrected chi connectivity index (χ1v) is 4.75. The second-order valence-corrected chi connectivity index (χ2v) is 3.25. The van der Waals surface area contributed by atoms with Gasteiger partial charge in [-0.25, -0.2) is 8.42 Å². The second kappa shape index (κ2) is 5.41. The molecule has 1 fully saturated rings. The average Bonchev–Trinajstić information content (AvgIpc) is 1.85. The average molecular weight is 201 g/mol. The molecule has 12 heavy (non-hydrogen) atoms. The first-order chi connectivity index (χ1) is 5.39. The van der Waals surface area contributed by atoms with Crippen LogP contribution in [0.4, 0.5) is 3.89 Å². The number of hydrogen-bond acceptors (Lipinski definition) is 4. The normalized spacial score (nSPS) is 19.6. The Labute approximate surface area is 71.2 Å². The second-order valence-electron chi connectivity index (χ2n) is 2.46. The van der Waals surface area contributed by atoms with Gasteiger partial charge in [0.25, 0.3) is 10.5 Å². The molecule has 1 aliphatic heterocycles. The van der Waals surface area contributed by atoms with Crippen molar-refractivity contribution in [3.8, 4) is 0 Å². The summed E-state index contributed by atoms with van der Waals surface area (Å²) in [6.07, 6.45) is 0. The number of nitrogens with one attached hydrogen (secondary N) is 1. The van der Waals surface area contributed by atoms with E-state index in [4.69, 9.17) is 17.7 Å². The summed E-state index contributed by atoms with van der Waals surface area (Å²) < 4.78 is 40.5. The molecule has 0 saturated carbocycles. The van der Waals surface area contributed by atoms with Crippen LogP contribution < -0.4 is 4.90 Å². The summed E-state index contributed by atoms with van der Waals surface area (Å²) in [5.74, 6) is 0. The van der Waals surface area contributed by atoms with E-state index in [2.05, 4.69) is 7.05 Å². The van der Waals surface area contributed by atoms with Gasteiger partial charge in [0.05, 0.1) is 20.3 Å². The summed E-state index contributed by atoms with van der Waals surface area (Å²) >= 11 is 0. The van der Waals surface area contributed by atoms with E-state index in [1.807, 2.05) is 0 Å². The minimum Gasteiger partial charge on any atom is -0.722 e. The Morgan fingerprint density at radius 1 is 1.42 bits per heavy atom. The molecule has 0 aromatic carbocycles. The van der Waals surface area contributed by atoms with Crippen molar-refractivity contribution in [2.75, 3.05) is 33.4 Å². The van der Waals surface area contributed by atoms with E-state index in [1.54, 1.807) is 4.90 Å². The van der Waals surface area contributed by atoms with Gasteiger partial charge in [0.2, 0.25) is 0 Å². The summed E-state index contributed by atoms with van der Waals surface area (Å²) in [5, 5.41) is 0. The van der Waals surface area contributed by atoms with Gasteiger partial charge in [-0.1, -0.05) is 0 Å². The topological polar surface area (TPSA) is 70.9 Å². The highest BCUT2D eigenvalue weighted by atomic mass is 32.3. The third-order valence-electron chi connectivity index (χ3n) is 1.35. The maximum atomic E-state index is 10.1. The zero-order valence-corrected chi connectivity index (χ0v) is 7.56. The van der Waals surface area contributed by atoms with Gasteiger partial charge in [0.1, 0.15) is 13.1 Å². The number of ether oxygens (including phenoxy) is 1. The van der Waals surface area contributed by atoms with Crippen molar-refractivity contribution < 1.29 is 26.5 Å². The molecule has 0 unspecified atom stereocenters. The maximum absolute atomic E-state index is 10.1. The Kier molecular flexibility index (Phi) is 5.31. The van der Waals surface area contributed by atoms with Crippen LogP contribution in [0, 0.1) is 0 Å². The van der Waals surface area contributed by atoms with Crippen LogP contribution in [0.15, 0.2) is 0 Å². The summed E-state index contributed by atoms with van der Waals surface area (Å²) in [4.78, 5) is 1.59. The molecule has 5 nitrogen and oxygen atoms in total. The number of halogens is 1. The van der Waals surface area contributed by atoms with E-state index < -0.39 is 10.5 Å². The lowest BCUT2D eigenvalue weighted by Crippen LogP contribution is -3.11. The fourth-order valence-corrected chi connectivity index (χ4v) is 0.720. The number of hydrogen-bond donors (Lipinski definition) is 1. The lowest BCUT2D eigenvalue weighted by molar-refractivity contribution is -0.888. The highest BCUT2D eigenvalue weighted by Gasteiger charge is 2.05. The molecule has 74 valence electrons. The van der Waals surface area contributed by atoms with E-state index in [0.717, 1.165) is 13.2 Å². The SMILES string of the molecule is C[NH+]1CCOCC1.O=S(=O)([O-])F. The van der Waals surface area contributed by atoms with Crippen LogP contribution in [0.5, 0.6) is 0 Å². The Bertz CT molecular complexity index is 191. The Hall–Kier alpha value is -0.240. The lowest BCUT2D eigenvalue weighted by Gasteiger charge is -2.18. The van der Waals surface area contributed by atoms with Gasteiger partial charge in [-0.3, -0.25) is 0 Å². The van der Waals surface area contributed by atoms with Crippen molar-refractivity contribution in [3.63, 3.8) is 0 Å².